The molecular weight excluding hydrogens is 374 g/mol. The topological polar surface area (TPSA) is 0 Å². The Morgan fingerprint density at radius 1 is 1.00 bits per heavy atom. The van der Waals surface area contributed by atoms with Crippen LogP contribution in [0.4, 0.5) is 0 Å². The Balaban J connectivity index is 2.90. The van der Waals surface area contributed by atoms with Gasteiger partial charge in [0.25, 0.3) is 0 Å². The molecule has 0 aliphatic heterocycles. The van der Waals surface area contributed by atoms with Crippen LogP contribution in [0.25, 0.3) is 0 Å². The van der Waals surface area contributed by atoms with Gasteiger partial charge in [-0.25, -0.2) is 0 Å². The Bertz CT molecular complexity index is 83.9. The molecule has 0 aliphatic carbocycles. The van der Waals surface area contributed by atoms with Crippen molar-refractivity contribution in [2.45, 2.75) is 55.8 Å². The van der Waals surface area contributed by atoms with Gasteiger partial charge in [-0.2, -0.15) is 0 Å². The van der Waals surface area contributed by atoms with E-state index >= 15 is 0 Å². The summed E-state index contributed by atoms with van der Waals surface area (Å²) in [6.45, 7) is 2.28. The maximum atomic E-state index is 2.57. The Morgan fingerprint density at radius 3 is 2.17 bits per heavy atom. The minimum Gasteiger partial charge on any atom is -0.0864 e. The molecule has 12 heavy (non-hydrogen) atoms. The zero-order chi connectivity index (χ0) is 9.23. The van der Waals surface area contributed by atoms with E-state index in [2.05, 4.69) is 52.1 Å². The van der Waals surface area contributed by atoms with Crippen LogP contribution in [-0.2, 0) is 0 Å². The fraction of sp³-hybridized carbons (Fsp3) is 1.00. The van der Waals surface area contributed by atoms with Crippen LogP contribution in [0.5, 0.6) is 0 Å². The molecule has 74 valence electrons. The second-order valence-corrected chi connectivity index (χ2v) is 6.09. The van der Waals surface area contributed by atoms with Crippen molar-refractivity contribution in [3.63, 3.8) is 0 Å². The molecule has 0 heterocycles. The lowest BCUT2D eigenvalue weighted by Crippen LogP contribution is -1.94. The number of rotatable bonds is 8. The Kier molecular flexibility index (Phi) is 11.8. The van der Waals surface area contributed by atoms with E-state index in [1.165, 1.54) is 49.4 Å². The van der Waals surface area contributed by atoms with Crippen molar-refractivity contribution in [3.8, 4) is 0 Å². The van der Waals surface area contributed by atoms with E-state index in [0.29, 0.717) is 0 Å². The molecule has 0 aromatic carbocycles. The molecular formula is C10H20I2. The number of halogens is 2. The van der Waals surface area contributed by atoms with E-state index in [1.807, 2.05) is 0 Å². The van der Waals surface area contributed by atoms with E-state index in [1.54, 1.807) is 0 Å². The molecule has 0 aromatic rings. The maximum Gasteiger partial charge on any atom is 0.0107 e. The molecule has 0 fully saturated rings. The van der Waals surface area contributed by atoms with Crippen molar-refractivity contribution in [2.75, 3.05) is 4.43 Å². The van der Waals surface area contributed by atoms with Crippen LogP contribution in [0.2, 0.25) is 0 Å². The van der Waals surface area contributed by atoms with E-state index in [-0.39, 0.29) is 0 Å². The average Bonchev–Trinajstić information content (AvgIpc) is 2.10. The van der Waals surface area contributed by atoms with Crippen molar-refractivity contribution in [3.05, 3.63) is 0 Å². The molecule has 2 heteroatoms. The first-order valence-electron chi connectivity index (χ1n) is 5.01. The molecule has 0 saturated carbocycles. The smallest absolute Gasteiger partial charge is 0.0107 e. The Hall–Kier alpha value is 1.46. The van der Waals surface area contributed by atoms with E-state index in [9.17, 15) is 0 Å². The van der Waals surface area contributed by atoms with Gasteiger partial charge >= 0.3 is 0 Å². The summed E-state index contributed by atoms with van der Waals surface area (Å²) in [7, 11) is 0. The Labute approximate surface area is 105 Å². The summed E-state index contributed by atoms with van der Waals surface area (Å²) >= 11 is 5.04. The van der Waals surface area contributed by atoms with Gasteiger partial charge in [-0.1, -0.05) is 77.8 Å². The van der Waals surface area contributed by atoms with Gasteiger partial charge in [0.05, 0.1) is 0 Å². The molecule has 0 saturated heterocycles. The van der Waals surface area contributed by atoms with Gasteiger partial charge in [-0.05, 0) is 23.7 Å². The minimum atomic E-state index is 0.923. The highest BCUT2D eigenvalue weighted by Crippen LogP contribution is 2.15. The summed E-state index contributed by atoms with van der Waals surface area (Å²) in [6, 6.07) is 0. The molecule has 0 radical (unpaired) electrons. The third-order valence-electron chi connectivity index (χ3n) is 2.09. The number of unbranched alkanes of at least 4 members (excludes halogenated alkanes) is 4. The maximum absolute atomic E-state index is 2.57. The summed E-state index contributed by atoms with van der Waals surface area (Å²) in [5.41, 5.74) is 0. The number of hydrogen-bond acceptors (Lipinski definition) is 0. The van der Waals surface area contributed by atoms with Gasteiger partial charge in [0.15, 0.2) is 0 Å². The van der Waals surface area contributed by atoms with Crippen LogP contribution in [0.3, 0.4) is 0 Å². The zero-order valence-electron chi connectivity index (χ0n) is 7.99. The minimum absolute atomic E-state index is 0.923. The normalized spacial score (nSPS) is 13.2. The second kappa shape index (κ2) is 10.5. The lowest BCUT2D eigenvalue weighted by Gasteiger charge is -2.05. The third kappa shape index (κ3) is 9.55. The van der Waals surface area contributed by atoms with Crippen molar-refractivity contribution < 1.29 is 0 Å². The van der Waals surface area contributed by atoms with Crippen molar-refractivity contribution in [2.24, 2.45) is 0 Å². The van der Waals surface area contributed by atoms with Gasteiger partial charge in [0.2, 0.25) is 0 Å². The molecule has 0 nitrogen and oxygen atoms in total. The van der Waals surface area contributed by atoms with Crippen LogP contribution in [-0.4, -0.2) is 8.35 Å². The standard InChI is InChI=1S/C10H20I2/c1-2-10(12)8-6-4-3-5-7-9-11/h10H,2-9H2,1H3. The van der Waals surface area contributed by atoms with Crippen LogP contribution in [0, 0.1) is 0 Å². The molecule has 0 spiro atoms. The summed E-state index contributed by atoms with van der Waals surface area (Å²) in [5, 5.41) is 0. The monoisotopic (exact) mass is 394 g/mol. The van der Waals surface area contributed by atoms with Crippen LogP contribution in [0.1, 0.15) is 51.9 Å². The molecule has 1 atom stereocenters. The van der Waals surface area contributed by atoms with Gasteiger partial charge < -0.3 is 0 Å². The number of alkyl halides is 2. The highest BCUT2D eigenvalue weighted by Gasteiger charge is 1.99. The summed E-state index contributed by atoms with van der Waals surface area (Å²) in [6.07, 6.45) is 9.99. The molecule has 0 aromatic heterocycles. The number of hydrogen-bond donors (Lipinski definition) is 0. The van der Waals surface area contributed by atoms with Gasteiger partial charge in [0.1, 0.15) is 0 Å². The van der Waals surface area contributed by atoms with Gasteiger partial charge in [-0.15, -0.1) is 0 Å². The van der Waals surface area contributed by atoms with Crippen molar-refractivity contribution in [1.29, 1.82) is 0 Å². The summed E-state index contributed by atoms with van der Waals surface area (Å²) in [5.74, 6) is 0. The highest BCUT2D eigenvalue weighted by molar-refractivity contribution is 14.1. The van der Waals surface area contributed by atoms with E-state index < -0.39 is 0 Å². The SMILES string of the molecule is CCC(I)CCCCCCCI. The van der Waals surface area contributed by atoms with Crippen molar-refractivity contribution >= 4 is 45.2 Å². The summed E-state index contributed by atoms with van der Waals surface area (Å²) < 4.78 is 2.26. The summed E-state index contributed by atoms with van der Waals surface area (Å²) in [4.78, 5) is 0. The van der Waals surface area contributed by atoms with Crippen LogP contribution >= 0.6 is 45.2 Å². The third-order valence-corrected chi connectivity index (χ3v) is 4.36. The predicted octanol–water partition coefficient (Wildman–Crippen LogP) is 4.98. The fourth-order valence-corrected chi connectivity index (χ4v) is 2.17. The first-order valence-corrected chi connectivity index (χ1v) is 7.78. The molecule has 0 N–H and O–H groups in total. The molecule has 0 rings (SSSR count). The predicted molar refractivity (Wildman–Crippen MR) is 74.7 cm³/mol. The first-order chi connectivity index (χ1) is 5.81. The highest BCUT2D eigenvalue weighted by atomic mass is 127. The fourth-order valence-electron chi connectivity index (χ4n) is 1.19. The van der Waals surface area contributed by atoms with Crippen molar-refractivity contribution in [1.82, 2.24) is 0 Å². The zero-order valence-corrected chi connectivity index (χ0v) is 12.3. The largest absolute Gasteiger partial charge is 0.0864 e. The second-order valence-electron chi connectivity index (χ2n) is 3.25. The Morgan fingerprint density at radius 2 is 1.58 bits per heavy atom. The molecule has 0 aliphatic rings. The van der Waals surface area contributed by atoms with Crippen LogP contribution in [0.15, 0.2) is 0 Å². The molecule has 1 unspecified atom stereocenters. The van der Waals surface area contributed by atoms with Gasteiger partial charge in [-0.3, -0.25) is 0 Å². The average molecular weight is 394 g/mol. The lowest BCUT2D eigenvalue weighted by atomic mass is 10.1. The van der Waals surface area contributed by atoms with Gasteiger partial charge in [0, 0.05) is 3.92 Å². The molecule has 0 amide bonds. The van der Waals surface area contributed by atoms with Crippen LogP contribution < -0.4 is 0 Å². The lowest BCUT2D eigenvalue weighted by molar-refractivity contribution is 0.601. The quantitative estimate of drug-likeness (QED) is 0.310. The molecule has 0 bridgehead atoms. The van der Waals surface area contributed by atoms with E-state index in [0.717, 1.165) is 3.92 Å². The van der Waals surface area contributed by atoms with E-state index in [4.69, 9.17) is 0 Å². The first kappa shape index (κ1) is 13.5.